The van der Waals surface area contributed by atoms with Crippen LogP contribution in [-0.2, 0) is 20.2 Å². The van der Waals surface area contributed by atoms with Crippen molar-refractivity contribution < 1.29 is 30.0 Å². The molecule has 37 heavy (non-hydrogen) atoms. The van der Waals surface area contributed by atoms with Crippen molar-refractivity contribution in [2.45, 2.75) is 16.7 Å². The Morgan fingerprint density at radius 3 is 1.54 bits per heavy atom. The molecule has 2 N–H and O–H groups in total. The van der Waals surface area contributed by atoms with E-state index in [1.54, 1.807) is 37.3 Å². The van der Waals surface area contributed by atoms with E-state index in [1.807, 2.05) is 0 Å². The molecule has 4 aromatic carbocycles. The summed E-state index contributed by atoms with van der Waals surface area (Å²) in [5.74, 6) is 0.180. The predicted octanol–water partition coefficient (Wildman–Crippen LogP) is 5.17. The number of nitrogens with one attached hydrogen (secondary N) is 2. The third kappa shape index (κ3) is 6.87. The average Bonchev–Trinajstić information content (AvgIpc) is 2.87. The van der Waals surface area contributed by atoms with Crippen LogP contribution in [0.25, 0.3) is 0 Å². The van der Waals surface area contributed by atoms with Crippen molar-refractivity contribution in [3.05, 3.63) is 109 Å². The van der Waals surface area contributed by atoms with Gasteiger partial charge in [-0.2, -0.15) is 16.8 Å². The van der Waals surface area contributed by atoms with Crippen molar-refractivity contribution >= 4 is 37.6 Å². The van der Waals surface area contributed by atoms with Crippen molar-refractivity contribution in [2.75, 3.05) is 10.6 Å². The first kappa shape index (κ1) is 25.7. The van der Waals surface area contributed by atoms with E-state index in [4.69, 9.17) is 8.37 Å². The van der Waals surface area contributed by atoms with E-state index in [-0.39, 0.29) is 21.3 Å². The predicted molar refractivity (Wildman–Crippen MR) is 139 cm³/mol. The van der Waals surface area contributed by atoms with Crippen LogP contribution < -0.4 is 19.0 Å². The summed E-state index contributed by atoms with van der Waals surface area (Å²) in [4.78, 5) is 12.4. The maximum Gasteiger partial charge on any atom is 0.339 e. The maximum atomic E-state index is 12.4. The largest absolute Gasteiger partial charge is 0.379 e. The van der Waals surface area contributed by atoms with E-state index in [2.05, 4.69) is 10.6 Å². The molecular weight excluding hydrogens is 516 g/mol. The Hall–Kier alpha value is -4.35. The zero-order chi connectivity index (χ0) is 26.5. The Balaban J connectivity index is 1.33. The standard InChI is InChI=1S/C26H22N2O7S2/c1-19-6-5-9-25(18-19)37(32,33)35-23-16-12-21(13-17-23)28-26(29)27-20-10-14-22(15-11-20)34-36(30,31)24-7-3-2-4-8-24/h2-18H,1H3,(H2,27,28,29). The number of aryl methyl sites for hydroxylation is 1. The first-order valence-corrected chi connectivity index (χ1v) is 13.7. The third-order valence-electron chi connectivity index (χ3n) is 4.95. The number of rotatable bonds is 8. The van der Waals surface area contributed by atoms with E-state index in [9.17, 15) is 21.6 Å². The SMILES string of the molecule is Cc1cccc(S(=O)(=O)Oc2ccc(NC(=O)Nc3ccc(OS(=O)(=O)c4ccccc4)cc3)cc2)c1. The fraction of sp³-hybridized carbons (Fsp3) is 0.0385. The minimum Gasteiger partial charge on any atom is -0.379 e. The molecule has 4 aromatic rings. The molecule has 0 aliphatic rings. The molecule has 4 rings (SSSR count). The number of carbonyl (C=O) groups excluding carboxylic acids is 1. The summed E-state index contributed by atoms with van der Waals surface area (Å²) in [5.41, 5.74) is 1.58. The van der Waals surface area contributed by atoms with Gasteiger partial charge in [0, 0.05) is 11.4 Å². The molecule has 0 saturated heterocycles. The van der Waals surface area contributed by atoms with Gasteiger partial charge in [0.25, 0.3) is 0 Å². The average molecular weight is 539 g/mol. The number of amides is 2. The van der Waals surface area contributed by atoms with Gasteiger partial charge in [0.1, 0.15) is 21.3 Å². The molecule has 0 atom stereocenters. The lowest BCUT2D eigenvalue weighted by atomic mass is 10.2. The van der Waals surface area contributed by atoms with E-state index < -0.39 is 26.3 Å². The first-order chi connectivity index (χ1) is 17.6. The van der Waals surface area contributed by atoms with Crippen molar-refractivity contribution in [3.8, 4) is 11.5 Å². The Bertz CT molecular complexity index is 1600. The molecule has 0 heterocycles. The fourth-order valence-corrected chi connectivity index (χ4v) is 5.18. The minimum absolute atomic E-state index is 0.0285. The number of urea groups is 1. The zero-order valence-electron chi connectivity index (χ0n) is 19.5. The molecule has 0 bridgehead atoms. The second-order valence-corrected chi connectivity index (χ2v) is 10.9. The van der Waals surface area contributed by atoms with Crippen LogP contribution in [0.15, 0.2) is 113 Å². The van der Waals surface area contributed by atoms with Crippen LogP contribution in [0.1, 0.15) is 5.56 Å². The molecule has 190 valence electrons. The highest BCUT2D eigenvalue weighted by Gasteiger charge is 2.17. The zero-order valence-corrected chi connectivity index (χ0v) is 21.1. The molecule has 9 nitrogen and oxygen atoms in total. The molecule has 11 heteroatoms. The molecule has 0 aliphatic heterocycles. The van der Waals surface area contributed by atoms with E-state index >= 15 is 0 Å². The summed E-state index contributed by atoms with van der Waals surface area (Å²) >= 11 is 0. The highest BCUT2D eigenvalue weighted by molar-refractivity contribution is 7.87. The second kappa shape index (κ2) is 10.7. The van der Waals surface area contributed by atoms with Gasteiger partial charge in [-0.3, -0.25) is 0 Å². The summed E-state index contributed by atoms with van der Waals surface area (Å²) in [6.07, 6.45) is 0. The van der Waals surface area contributed by atoms with Gasteiger partial charge in [0.2, 0.25) is 0 Å². The highest BCUT2D eigenvalue weighted by Crippen LogP contribution is 2.23. The Kier molecular flexibility index (Phi) is 7.46. The van der Waals surface area contributed by atoms with Gasteiger partial charge < -0.3 is 19.0 Å². The van der Waals surface area contributed by atoms with Crippen LogP contribution in [0.2, 0.25) is 0 Å². The normalized spacial score (nSPS) is 11.4. The summed E-state index contributed by atoms with van der Waals surface area (Å²) in [7, 11) is -7.96. The molecule has 0 saturated carbocycles. The quantitative estimate of drug-likeness (QED) is 0.296. The second-order valence-electron chi connectivity index (χ2n) is 7.83. The van der Waals surface area contributed by atoms with Crippen LogP contribution >= 0.6 is 0 Å². The third-order valence-corrected chi connectivity index (χ3v) is 7.45. The monoisotopic (exact) mass is 538 g/mol. The minimum atomic E-state index is -3.99. The Morgan fingerprint density at radius 2 is 1.05 bits per heavy atom. The van der Waals surface area contributed by atoms with Crippen LogP contribution in [0.4, 0.5) is 16.2 Å². The van der Waals surface area contributed by atoms with Gasteiger partial charge in [0.05, 0.1) is 0 Å². The topological polar surface area (TPSA) is 128 Å². The lowest BCUT2D eigenvalue weighted by Crippen LogP contribution is -2.19. The molecular formula is C26H22N2O7S2. The number of carbonyl (C=O) groups is 1. The number of benzene rings is 4. The lowest BCUT2D eigenvalue weighted by Gasteiger charge is -2.11. The Labute approximate surface area is 214 Å². The molecule has 0 radical (unpaired) electrons. The molecule has 0 spiro atoms. The molecule has 0 unspecified atom stereocenters. The van der Waals surface area contributed by atoms with Gasteiger partial charge in [-0.05, 0) is 85.3 Å². The van der Waals surface area contributed by atoms with Gasteiger partial charge >= 0.3 is 26.3 Å². The van der Waals surface area contributed by atoms with Crippen LogP contribution in [0.3, 0.4) is 0 Å². The van der Waals surface area contributed by atoms with E-state index in [1.165, 1.54) is 72.8 Å². The molecule has 0 fully saturated rings. The van der Waals surface area contributed by atoms with Crippen molar-refractivity contribution in [3.63, 3.8) is 0 Å². The summed E-state index contributed by atoms with van der Waals surface area (Å²) in [6.45, 7) is 1.78. The molecule has 2 amide bonds. The van der Waals surface area contributed by atoms with Crippen molar-refractivity contribution in [2.24, 2.45) is 0 Å². The van der Waals surface area contributed by atoms with Gasteiger partial charge in [-0.15, -0.1) is 0 Å². The number of hydrogen-bond donors (Lipinski definition) is 2. The fourth-order valence-electron chi connectivity index (χ4n) is 3.19. The lowest BCUT2D eigenvalue weighted by molar-refractivity contribution is 0.262. The number of anilines is 2. The van der Waals surface area contributed by atoms with Crippen LogP contribution in [-0.4, -0.2) is 22.9 Å². The number of hydrogen-bond acceptors (Lipinski definition) is 7. The summed E-state index contributed by atoms with van der Waals surface area (Å²) in [6, 6.07) is 25.2. The van der Waals surface area contributed by atoms with Gasteiger partial charge in [0.15, 0.2) is 0 Å². The smallest absolute Gasteiger partial charge is 0.339 e. The van der Waals surface area contributed by atoms with Crippen LogP contribution in [0, 0.1) is 6.92 Å². The van der Waals surface area contributed by atoms with Crippen LogP contribution in [0.5, 0.6) is 11.5 Å². The van der Waals surface area contributed by atoms with Gasteiger partial charge in [-0.25, -0.2) is 4.79 Å². The van der Waals surface area contributed by atoms with E-state index in [0.717, 1.165) is 5.56 Å². The first-order valence-electron chi connectivity index (χ1n) is 10.9. The van der Waals surface area contributed by atoms with Gasteiger partial charge in [-0.1, -0.05) is 30.3 Å². The van der Waals surface area contributed by atoms with Crippen molar-refractivity contribution in [1.82, 2.24) is 0 Å². The summed E-state index contributed by atoms with van der Waals surface area (Å²) in [5, 5.41) is 5.22. The molecule has 0 aliphatic carbocycles. The van der Waals surface area contributed by atoms with Crippen molar-refractivity contribution in [1.29, 1.82) is 0 Å². The Morgan fingerprint density at radius 1 is 0.595 bits per heavy atom. The summed E-state index contributed by atoms with van der Waals surface area (Å²) < 4.78 is 59.8. The van der Waals surface area contributed by atoms with E-state index in [0.29, 0.717) is 11.4 Å². The highest BCUT2D eigenvalue weighted by atomic mass is 32.2. The molecule has 0 aromatic heterocycles. The maximum absolute atomic E-state index is 12.4.